The fourth-order valence-electron chi connectivity index (χ4n) is 1.89. The summed E-state index contributed by atoms with van der Waals surface area (Å²) < 4.78 is 12.8. The van der Waals surface area contributed by atoms with Crippen LogP contribution in [0.4, 0.5) is 4.39 Å². The van der Waals surface area contributed by atoms with E-state index in [1.54, 1.807) is 6.92 Å². The number of hydrogen-bond donors (Lipinski definition) is 2. The van der Waals surface area contributed by atoms with Crippen LogP contribution in [0.1, 0.15) is 32.4 Å². The van der Waals surface area contributed by atoms with E-state index < -0.39 is 17.2 Å². The third-order valence-electron chi connectivity index (χ3n) is 3.09. The molecule has 0 spiro atoms. The Balaban J connectivity index is 3.13. The summed E-state index contributed by atoms with van der Waals surface area (Å²) in [7, 11) is 0. The van der Waals surface area contributed by atoms with Crippen LogP contribution in [0.3, 0.4) is 0 Å². The Morgan fingerprint density at radius 3 is 2.71 bits per heavy atom. The van der Waals surface area contributed by atoms with Crippen molar-refractivity contribution in [3.63, 3.8) is 0 Å². The van der Waals surface area contributed by atoms with Gasteiger partial charge in [0.05, 0.1) is 12.6 Å². The smallest absolute Gasteiger partial charge is 0.304 e. The van der Waals surface area contributed by atoms with Gasteiger partial charge in [0.15, 0.2) is 0 Å². The Hall–Kier alpha value is -1.49. The van der Waals surface area contributed by atoms with Gasteiger partial charge < -0.3 is 10.8 Å². The van der Waals surface area contributed by atoms with E-state index in [4.69, 9.17) is 10.8 Å². The lowest BCUT2D eigenvalue weighted by Crippen LogP contribution is -2.45. The van der Waals surface area contributed by atoms with Crippen LogP contribution in [-0.2, 0) is 10.2 Å². The average molecular weight is 240 g/mol. The molecular formula is C12H17FN2O2. The summed E-state index contributed by atoms with van der Waals surface area (Å²) in [5.41, 5.74) is 5.70. The van der Waals surface area contributed by atoms with Gasteiger partial charge >= 0.3 is 5.97 Å². The molecule has 0 fully saturated rings. The average Bonchev–Trinajstić information content (AvgIpc) is 2.27. The van der Waals surface area contributed by atoms with E-state index in [0.717, 1.165) is 6.20 Å². The normalized spacial score (nSPS) is 16.2. The van der Waals surface area contributed by atoms with E-state index in [1.807, 2.05) is 6.92 Å². The second-order valence-electron chi connectivity index (χ2n) is 4.36. The maximum Gasteiger partial charge on any atom is 0.304 e. The zero-order valence-electron chi connectivity index (χ0n) is 9.98. The molecule has 17 heavy (non-hydrogen) atoms. The largest absolute Gasteiger partial charge is 0.481 e. The van der Waals surface area contributed by atoms with Crippen LogP contribution in [0.25, 0.3) is 0 Å². The molecule has 0 saturated carbocycles. The van der Waals surface area contributed by atoms with Crippen LogP contribution in [0.2, 0.25) is 0 Å². The minimum Gasteiger partial charge on any atom is -0.481 e. The molecule has 94 valence electrons. The minimum atomic E-state index is -0.942. The summed E-state index contributed by atoms with van der Waals surface area (Å²) in [5, 5.41) is 8.95. The van der Waals surface area contributed by atoms with Crippen LogP contribution in [0.5, 0.6) is 0 Å². The second kappa shape index (κ2) is 5.23. The van der Waals surface area contributed by atoms with Crippen LogP contribution in [0, 0.1) is 5.82 Å². The van der Waals surface area contributed by atoms with Gasteiger partial charge in [0.1, 0.15) is 5.82 Å². The van der Waals surface area contributed by atoms with Crippen molar-refractivity contribution in [3.05, 3.63) is 29.8 Å². The molecule has 3 N–H and O–H groups in total. The maximum atomic E-state index is 12.8. The third-order valence-corrected chi connectivity index (χ3v) is 3.09. The van der Waals surface area contributed by atoms with Gasteiger partial charge in [-0.25, -0.2) is 4.39 Å². The molecule has 0 bridgehead atoms. The summed E-state index contributed by atoms with van der Waals surface area (Å²) in [5.74, 6) is -1.39. The Morgan fingerprint density at radius 2 is 2.29 bits per heavy atom. The quantitative estimate of drug-likeness (QED) is 0.821. The van der Waals surface area contributed by atoms with E-state index in [2.05, 4.69) is 4.98 Å². The van der Waals surface area contributed by atoms with Crippen molar-refractivity contribution >= 4 is 5.97 Å². The van der Waals surface area contributed by atoms with Gasteiger partial charge in [0.25, 0.3) is 0 Å². The van der Waals surface area contributed by atoms with E-state index in [9.17, 15) is 9.18 Å². The van der Waals surface area contributed by atoms with E-state index in [1.165, 1.54) is 12.1 Å². The first kappa shape index (κ1) is 13.6. The molecule has 0 aromatic carbocycles. The number of rotatable bonds is 5. The Morgan fingerprint density at radius 1 is 1.65 bits per heavy atom. The molecular weight excluding hydrogens is 223 g/mol. The van der Waals surface area contributed by atoms with Crippen molar-refractivity contribution in [3.8, 4) is 0 Å². The van der Waals surface area contributed by atoms with Gasteiger partial charge in [-0.05, 0) is 18.6 Å². The summed E-state index contributed by atoms with van der Waals surface area (Å²) in [6.07, 6.45) is 1.58. The molecule has 4 nitrogen and oxygen atoms in total. The van der Waals surface area contributed by atoms with Gasteiger partial charge in [-0.3, -0.25) is 9.78 Å². The first-order chi connectivity index (χ1) is 7.90. The van der Waals surface area contributed by atoms with Crippen molar-refractivity contribution in [1.82, 2.24) is 4.98 Å². The molecule has 1 aromatic heterocycles. The fraction of sp³-hybridized carbons (Fsp3) is 0.500. The number of aromatic nitrogens is 1. The lowest BCUT2D eigenvalue weighted by molar-refractivity contribution is -0.138. The summed E-state index contributed by atoms with van der Waals surface area (Å²) in [6.45, 7) is 3.63. The van der Waals surface area contributed by atoms with E-state index >= 15 is 0 Å². The molecule has 1 heterocycles. The van der Waals surface area contributed by atoms with Gasteiger partial charge in [-0.15, -0.1) is 0 Å². The van der Waals surface area contributed by atoms with Crippen LogP contribution < -0.4 is 5.73 Å². The molecule has 0 aliphatic heterocycles. The highest BCUT2D eigenvalue weighted by Crippen LogP contribution is 2.30. The molecule has 0 aliphatic carbocycles. The Labute approximate surface area is 99.7 Å². The Kier molecular flexibility index (Phi) is 4.17. The van der Waals surface area contributed by atoms with Gasteiger partial charge in [-0.1, -0.05) is 13.8 Å². The fourth-order valence-corrected chi connectivity index (χ4v) is 1.89. The monoisotopic (exact) mass is 240 g/mol. The maximum absolute atomic E-state index is 12.8. The van der Waals surface area contributed by atoms with Gasteiger partial charge in [-0.2, -0.15) is 0 Å². The standard InChI is InChI=1S/C12H17FN2O2/c1-3-9(14)12(2,6-11(16)17)10-5-4-8(13)7-15-10/h4-5,7,9H,3,6,14H2,1-2H3,(H,16,17). The number of carboxylic acids is 1. The lowest BCUT2D eigenvalue weighted by Gasteiger charge is -2.33. The zero-order chi connectivity index (χ0) is 13.1. The highest BCUT2D eigenvalue weighted by Gasteiger charge is 2.36. The molecule has 2 atom stereocenters. The third kappa shape index (κ3) is 3.00. The number of nitrogens with two attached hydrogens (primary N) is 1. The first-order valence-corrected chi connectivity index (χ1v) is 5.49. The number of aliphatic carboxylic acids is 1. The van der Waals surface area contributed by atoms with Crippen LogP contribution >= 0.6 is 0 Å². The van der Waals surface area contributed by atoms with E-state index in [-0.39, 0.29) is 12.5 Å². The molecule has 1 aromatic rings. The van der Waals surface area contributed by atoms with Crippen molar-refractivity contribution < 1.29 is 14.3 Å². The lowest BCUT2D eigenvalue weighted by atomic mass is 9.75. The number of hydrogen-bond acceptors (Lipinski definition) is 3. The summed E-state index contributed by atoms with van der Waals surface area (Å²) >= 11 is 0. The van der Waals surface area contributed by atoms with Gasteiger partial charge in [0, 0.05) is 17.2 Å². The van der Waals surface area contributed by atoms with Crippen molar-refractivity contribution in [2.75, 3.05) is 0 Å². The highest BCUT2D eigenvalue weighted by atomic mass is 19.1. The molecule has 1 rings (SSSR count). The molecule has 0 saturated heterocycles. The second-order valence-corrected chi connectivity index (χ2v) is 4.36. The molecule has 0 radical (unpaired) electrons. The topological polar surface area (TPSA) is 76.2 Å². The number of halogens is 1. The van der Waals surface area contributed by atoms with E-state index in [0.29, 0.717) is 12.1 Å². The van der Waals surface area contributed by atoms with Crippen LogP contribution in [0.15, 0.2) is 18.3 Å². The highest BCUT2D eigenvalue weighted by molar-refractivity contribution is 5.69. The number of nitrogens with zero attached hydrogens (tertiary/aromatic N) is 1. The zero-order valence-corrected chi connectivity index (χ0v) is 9.98. The van der Waals surface area contributed by atoms with Crippen molar-refractivity contribution in [2.45, 2.75) is 38.1 Å². The number of carbonyl (C=O) groups is 1. The predicted octanol–water partition coefficient (Wildman–Crippen LogP) is 1.69. The van der Waals surface area contributed by atoms with Gasteiger partial charge in [0.2, 0.25) is 0 Å². The summed E-state index contributed by atoms with van der Waals surface area (Å²) in [6, 6.07) is 2.43. The number of carboxylic acid groups (broad SMARTS) is 1. The molecule has 2 unspecified atom stereocenters. The predicted molar refractivity (Wildman–Crippen MR) is 62.1 cm³/mol. The van der Waals surface area contributed by atoms with Crippen LogP contribution in [-0.4, -0.2) is 22.1 Å². The summed E-state index contributed by atoms with van der Waals surface area (Å²) in [4.78, 5) is 14.9. The molecule has 5 heteroatoms. The molecule has 0 amide bonds. The molecule has 0 aliphatic rings. The SMILES string of the molecule is CCC(N)C(C)(CC(=O)O)c1ccc(F)cn1. The first-order valence-electron chi connectivity index (χ1n) is 5.49. The van der Waals surface area contributed by atoms with Crippen molar-refractivity contribution in [1.29, 1.82) is 0 Å². The minimum absolute atomic E-state index is 0.124. The Bertz CT molecular complexity index is 394. The number of pyridine rings is 1. The van der Waals surface area contributed by atoms with Crippen molar-refractivity contribution in [2.24, 2.45) is 5.73 Å².